The summed E-state index contributed by atoms with van der Waals surface area (Å²) in [5.41, 5.74) is 2.08. The first-order chi connectivity index (χ1) is 10.1. The number of aromatic nitrogens is 1. The molecule has 6 heteroatoms. The van der Waals surface area contributed by atoms with Gasteiger partial charge < -0.3 is 14.1 Å². The van der Waals surface area contributed by atoms with Crippen LogP contribution in [0.25, 0.3) is 0 Å². The van der Waals surface area contributed by atoms with E-state index in [1.165, 1.54) is 0 Å². The summed E-state index contributed by atoms with van der Waals surface area (Å²) in [7, 11) is 2.00. The molecule has 0 unspecified atom stereocenters. The van der Waals surface area contributed by atoms with Gasteiger partial charge in [-0.25, -0.2) is 4.98 Å². The van der Waals surface area contributed by atoms with E-state index in [-0.39, 0.29) is 5.97 Å². The van der Waals surface area contributed by atoms with E-state index in [0.717, 1.165) is 28.7 Å². The van der Waals surface area contributed by atoms with E-state index in [1.807, 2.05) is 32.3 Å². The number of ether oxygens (including phenoxy) is 1. The summed E-state index contributed by atoms with van der Waals surface area (Å²) >= 11 is 1.58. The van der Waals surface area contributed by atoms with E-state index >= 15 is 0 Å². The molecule has 5 nitrogen and oxygen atoms in total. The number of furan rings is 1. The van der Waals surface area contributed by atoms with Gasteiger partial charge >= 0.3 is 5.97 Å². The molecule has 2 heterocycles. The Labute approximate surface area is 128 Å². The van der Waals surface area contributed by atoms with Crippen LogP contribution in [-0.2, 0) is 22.5 Å². The van der Waals surface area contributed by atoms with Crippen LogP contribution >= 0.6 is 11.3 Å². The van der Waals surface area contributed by atoms with Crippen molar-refractivity contribution in [1.29, 1.82) is 0 Å². The Hall–Kier alpha value is -1.82. The molecule has 0 N–H and O–H groups in total. The summed E-state index contributed by atoms with van der Waals surface area (Å²) in [5, 5.41) is 2.93. The Morgan fingerprint density at radius 3 is 3.00 bits per heavy atom. The topological polar surface area (TPSA) is 55.6 Å². The molecule has 0 bridgehead atoms. The third kappa shape index (κ3) is 4.32. The highest BCUT2D eigenvalue weighted by Gasteiger charge is 2.11. The molecule has 0 saturated carbocycles. The molecule has 2 aromatic heterocycles. The fraction of sp³-hybridized carbons (Fsp3) is 0.467. The summed E-state index contributed by atoms with van der Waals surface area (Å²) in [4.78, 5) is 18.0. The van der Waals surface area contributed by atoms with Crippen molar-refractivity contribution in [2.75, 3.05) is 18.6 Å². The fourth-order valence-corrected chi connectivity index (χ4v) is 2.77. The predicted molar refractivity (Wildman–Crippen MR) is 82.6 cm³/mol. The third-order valence-corrected chi connectivity index (χ3v) is 4.13. The summed E-state index contributed by atoms with van der Waals surface area (Å²) in [6.07, 6.45) is 2.70. The van der Waals surface area contributed by atoms with Gasteiger partial charge in [0.25, 0.3) is 0 Å². The molecule has 0 atom stereocenters. The number of anilines is 1. The van der Waals surface area contributed by atoms with Gasteiger partial charge in [-0.05, 0) is 19.9 Å². The lowest BCUT2D eigenvalue weighted by Gasteiger charge is -2.14. The van der Waals surface area contributed by atoms with E-state index in [0.29, 0.717) is 19.4 Å². The Kier molecular flexibility index (Phi) is 5.38. The summed E-state index contributed by atoms with van der Waals surface area (Å²) in [6, 6.07) is 1.97. The van der Waals surface area contributed by atoms with Crippen molar-refractivity contribution < 1.29 is 13.9 Å². The Balaban J connectivity index is 1.90. The maximum Gasteiger partial charge on any atom is 0.306 e. The second-order valence-electron chi connectivity index (χ2n) is 4.78. The van der Waals surface area contributed by atoms with Gasteiger partial charge in [-0.3, -0.25) is 4.79 Å². The standard InChI is InChI=1S/C15H20N2O3S/c1-4-19-14(18)6-5-13-10-21-15(16-13)17(3)9-12-7-8-20-11(12)2/h7-8,10H,4-6,9H2,1-3H3. The maximum atomic E-state index is 11.3. The second kappa shape index (κ2) is 7.26. The zero-order chi connectivity index (χ0) is 15.2. The highest BCUT2D eigenvalue weighted by atomic mass is 32.1. The van der Waals surface area contributed by atoms with Crippen LogP contribution in [0.15, 0.2) is 22.1 Å². The van der Waals surface area contributed by atoms with Crippen LogP contribution in [0.4, 0.5) is 5.13 Å². The zero-order valence-corrected chi connectivity index (χ0v) is 13.4. The first kappa shape index (κ1) is 15.6. The second-order valence-corrected chi connectivity index (χ2v) is 5.62. The Morgan fingerprint density at radius 2 is 2.33 bits per heavy atom. The minimum atomic E-state index is -0.172. The van der Waals surface area contributed by atoms with Crippen molar-refractivity contribution in [1.82, 2.24) is 4.98 Å². The smallest absolute Gasteiger partial charge is 0.306 e. The molecular formula is C15H20N2O3S. The van der Waals surface area contributed by atoms with E-state index < -0.39 is 0 Å². The monoisotopic (exact) mass is 308 g/mol. The van der Waals surface area contributed by atoms with Gasteiger partial charge in [0.15, 0.2) is 5.13 Å². The maximum absolute atomic E-state index is 11.3. The molecule has 0 aliphatic heterocycles. The largest absolute Gasteiger partial charge is 0.469 e. The number of hydrogen-bond acceptors (Lipinski definition) is 6. The zero-order valence-electron chi connectivity index (χ0n) is 12.6. The van der Waals surface area contributed by atoms with E-state index in [2.05, 4.69) is 9.88 Å². The fourth-order valence-electron chi connectivity index (χ4n) is 1.95. The van der Waals surface area contributed by atoms with Crippen LogP contribution in [0.3, 0.4) is 0 Å². The number of carbonyl (C=O) groups excluding carboxylic acids is 1. The Morgan fingerprint density at radius 1 is 1.52 bits per heavy atom. The van der Waals surface area contributed by atoms with Crippen molar-refractivity contribution in [2.24, 2.45) is 0 Å². The average molecular weight is 308 g/mol. The number of aryl methyl sites for hydroxylation is 2. The molecule has 2 rings (SSSR count). The molecule has 21 heavy (non-hydrogen) atoms. The van der Waals surface area contributed by atoms with Gasteiger partial charge in [0.1, 0.15) is 5.76 Å². The number of hydrogen-bond donors (Lipinski definition) is 0. The van der Waals surface area contributed by atoms with Crippen molar-refractivity contribution in [3.05, 3.63) is 34.7 Å². The van der Waals surface area contributed by atoms with Crippen LogP contribution in [0.5, 0.6) is 0 Å². The Bertz CT molecular complexity index is 591. The molecule has 0 radical (unpaired) electrons. The summed E-state index contributed by atoms with van der Waals surface area (Å²) < 4.78 is 10.2. The van der Waals surface area contributed by atoms with Gasteiger partial charge in [0.2, 0.25) is 0 Å². The van der Waals surface area contributed by atoms with E-state index in [1.54, 1.807) is 17.6 Å². The normalized spacial score (nSPS) is 10.6. The van der Waals surface area contributed by atoms with Crippen molar-refractivity contribution >= 4 is 22.4 Å². The first-order valence-electron chi connectivity index (χ1n) is 6.94. The highest BCUT2D eigenvalue weighted by Crippen LogP contribution is 2.23. The van der Waals surface area contributed by atoms with Crippen molar-refractivity contribution in [3.8, 4) is 0 Å². The molecule has 0 amide bonds. The van der Waals surface area contributed by atoms with Crippen LogP contribution in [-0.4, -0.2) is 24.6 Å². The van der Waals surface area contributed by atoms with Gasteiger partial charge in [0.05, 0.1) is 25.0 Å². The molecule has 0 saturated heterocycles. The van der Waals surface area contributed by atoms with Crippen LogP contribution in [0.1, 0.15) is 30.4 Å². The number of esters is 1. The van der Waals surface area contributed by atoms with Gasteiger partial charge in [-0.1, -0.05) is 0 Å². The van der Waals surface area contributed by atoms with Crippen molar-refractivity contribution in [3.63, 3.8) is 0 Å². The predicted octanol–water partition coefficient (Wildman–Crippen LogP) is 3.18. The van der Waals surface area contributed by atoms with E-state index in [9.17, 15) is 4.79 Å². The lowest BCUT2D eigenvalue weighted by molar-refractivity contribution is -0.143. The molecule has 114 valence electrons. The van der Waals surface area contributed by atoms with Crippen LogP contribution < -0.4 is 4.90 Å². The molecule has 0 aliphatic carbocycles. The van der Waals surface area contributed by atoms with E-state index in [4.69, 9.17) is 9.15 Å². The minimum Gasteiger partial charge on any atom is -0.469 e. The minimum absolute atomic E-state index is 0.172. The first-order valence-corrected chi connectivity index (χ1v) is 7.82. The number of thiazole rings is 1. The van der Waals surface area contributed by atoms with Gasteiger partial charge in [-0.15, -0.1) is 11.3 Å². The van der Waals surface area contributed by atoms with Crippen molar-refractivity contribution in [2.45, 2.75) is 33.2 Å². The third-order valence-electron chi connectivity index (χ3n) is 3.13. The van der Waals surface area contributed by atoms with Crippen LogP contribution in [0.2, 0.25) is 0 Å². The molecule has 0 spiro atoms. The summed E-state index contributed by atoms with van der Waals surface area (Å²) in [6.45, 7) is 4.95. The molecular weight excluding hydrogens is 288 g/mol. The highest BCUT2D eigenvalue weighted by molar-refractivity contribution is 7.13. The number of rotatable bonds is 7. The molecule has 2 aromatic rings. The SMILES string of the molecule is CCOC(=O)CCc1csc(N(C)Cc2ccoc2C)n1. The molecule has 0 aromatic carbocycles. The van der Waals surface area contributed by atoms with Gasteiger partial charge in [0, 0.05) is 31.0 Å². The molecule has 0 aliphatic rings. The lowest BCUT2D eigenvalue weighted by Crippen LogP contribution is -2.16. The quantitative estimate of drug-likeness (QED) is 0.735. The number of nitrogens with zero attached hydrogens (tertiary/aromatic N) is 2. The average Bonchev–Trinajstić information content (AvgIpc) is 3.07. The molecule has 0 fully saturated rings. The lowest BCUT2D eigenvalue weighted by atomic mass is 10.2. The van der Waals surface area contributed by atoms with Gasteiger partial charge in [-0.2, -0.15) is 0 Å². The summed E-state index contributed by atoms with van der Waals surface area (Å²) in [5.74, 6) is 0.760. The van der Waals surface area contributed by atoms with Crippen LogP contribution in [0, 0.1) is 6.92 Å². The number of carbonyl (C=O) groups is 1.